The number of nitrogens with zero attached hydrogens (tertiary/aromatic N) is 1. The maximum atomic E-state index is 5.78. The average molecular weight is 246 g/mol. The third-order valence-corrected chi connectivity index (χ3v) is 4.03. The molecule has 1 N–H and O–H groups in total. The van der Waals surface area contributed by atoms with Crippen molar-refractivity contribution in [1.82, 2.24) is 10.2 Å². The number of hydrogen-bond donors (Lipinski definition) is 1. The Labute approximate surface area is 109 Å². The first-order chi connectivity index (χ1) is 8.81. The van der Waals surface area contributed by atoms with Gasteiger partial charge in [0, 0.05) is 25.7 Å². The minimum Gasteiger partial charge on any atom is -0.374 e. The second-order valence-electron chi connectivity index (χ2n) is 5.54. The molecule has 0 spiro atoms. The van der Waals surface area contributed by atoms with E-state index in [0.29, 0.717) is 12.1 Å². The van der Waals surface area contributed by atoms with Crippen LogP contribution < -0.4 is 5.32 Å². The summed E-state index contributed by atoms with van der Waals surface area (Å²) in [5, 5.41) is 3.67. The smallest absolute Gasteiger partial charge is 0.0826 e. The predicted octanol–water partition coefficient (Wildman–Crippen LogP) is 1.07. The molecular formula is C15H22N2O. The van der Waals surface area contributed by atoms with Crippen molar-refractivity contribution >= 4 is 0 Å². The molecule has 1 saturated heterocycles. The molecule has 1 aromatic carbocycles. The predicted molar refractivity (Wildman–Crippen MR) is 72.9 cm³/mol. The van der Waals surface area contributed by atoms with Crippen LogP contribution in [-0.4, -0.2) is 50.3 Å². The Balaban J connectivity index is 1.48. The molecular weight excluding hydrogens is 224 g/mol. The summed E-state index contributed by atoms with van der Waals surface area (Å²) in [6.45, 7) is 3.95. The Kier molecular flexibility index (Phi) is 3.64. The summed E-state index contributed by atoms with van der Waals surface area (Å²) in [6.07, 6.45) is 2.68. The molecule has 1 fully saturated rings. The van der Waals surface area contributed by atoms with Crippen molar-refractivity contribution in [2.24, 2.45) is 0 Å². The van der Waals surface area contributed by atoms with Crippen molar-refractivity contribution in [1.29, 1.82) is 0 Å². The number of nitrogens with one attached hydrogen (secondary N) is 1. The van der Waals surface area contributed by atoms with E-state index in [-0.39, 0.29) is 0 Å². The van der Waals surface area contributed by atoms with E-state index in [1.165, 1.54) is 24.0 Å². The van der Waals surface area contributed by atoms with Crippen LogP contribution in [0.5, 0.6) is 0 Å². The maximum Gasteiger partial charge on any atom is 0.0826 e. The number of ether oxygens (including phenoxy) is 1. The molecule has 1 aliphatic heterocycles. The monoisotopic (exact) mass is 246 g/mol. The molecule has 18 heavy (non-hydrogen) atoms. The van der Waals surface area contributed by atoms with Crippen LogP contribution in [0.3, 0.4) is 0 Å². The minimum absolute atomic E-state index is 0.354. The summed E-state index contributed by atoms with van der Waals surface area (Å²) in [6, 6.07) is 9.38. The van der Waals surface area contributed by atoms with Crippen molar-refractivity contribution < 1.29 is 4.74 Å². The number of benzene rings is 1. The summed E-state index contributed by atoms with van der Waals surface area (Å²) in [4.78, 5) is 2.35. The fourth-order valence-electron chi connectivity index (χ4n) is 2.99. The summed E-state index contributed by atoms with van der Waals surface area (Å²) in [5.74, 6) is 0. The highest BCUT2D eigenvalue weighted by Gasteiger charge is 2.23. The largest absolute Gasteiger partial charge is 0.374 e. The van der Waals surface area contributed by atoms with Gasteiger partial charge in [-0.2, -0.15) is 0 Å². The second-order valence-corrected chi connectivity index (χ2v) is 5.54. The van der Waals surface area contributed by atoms with Crippen molar-refractivity contribution in [2.45, 2.75) is 25.0 Å². The molecule has 1 heterocycles. The van der Waals surface area contributed by atoms with Crippen LogP contribution >= 0.6 is 0 Å². The lowest BCUT2D eigenvalue weighted by atomic mass is 10.1. The van der Waals surface area contributed by atoms with E-state index in [9.17, 15) is 0 Å². The van der Waals surface area contributed by atoms with Gasteiger partial charge < -0.3 is 15.0 Å². The molecule has 98 valence electrons. The van der Waals surface area contributed by atoms with Gasteiger partial charge in [0.1, 0.15) is 0 Å². The lowest BCUT2D eigenvalue weighted by molar-refractivity contribution is -0.0191. The normalized spacial score (nSPS) is 25.3. The molecule has 1 aromatic rings. The molecule has 1 atom stereocenters. The number of likely N-dealkylation sites (N-methyl/N-ethyl adjacent to an activating group) is 1. The van der Waals surface area contributed by atoms with Crippen LogP contribution in [0, 0.1) is 0 Å². The highest BCUT2D eigenvalue weighted by molar-refractivity contribution is 5.33. The Bertz CT molecular complexity index is 382. The highest BCUT2D eigenvalue weighted by atomic mass is 16.5. The average Bonchev–Trinajstić information content (AvgIpc) is 2.79. The van der Waals surface area contributed by atoms with Crippen molar-refractivity contribution in [3.8, 4) is 0 Å². The summed E-state index contributed by atoms with van der Waals surface area (Å²) in [5.41, 5.74) is 3.02. The van der Waals surface area contributed by atoms with Gasteiger partial charge in [0.15, 0.2) is 0 Å². The molecule has 0 amide bonds. The SMILES string of the molecule is CN1CCOC(CNC2Cc3ccccc3C2)C1. The Morgan fingerprint density at radius 3 is 2.67 bits per heavy atom. The third-order valence-electron chi connectivity index (χ3n) is 4.03. The minimum atomic E-state index is 0.354. The van der Waals surface area contributed by atoms with Crippen LogP contribution in [0.15, 0.2) is 24.3 Å². The van der Waals surface area contributed by atoms with Crippen LogP contribution in [0.25, 0.3) is 0 Å². The van der Waals surface area contributed by atoms with E-state index >= 15 is 0 Å². The molecule has 3 rings (SSSR count). The molecule has 1 aliphatic carbocycles. The third kappa shape index (κ3) is 2.74. The maximum absolute atomic E-state index is 5.78. The zero-order valence-corrected chi connectivity index (χ0v) is 11.1. The molecule has 0 bridgehead atoms. The molecule has 2 aliphatic rings. The Morgan fingerprint density at radius 1 is 1.28 bits per heavy atom. The van der Waals surface area contributed by atoms with Gasteiger partial charge in [0.2, 0.25) is 0 Å². The van der Waals surface area contributed by atoms with Crippen molar-refractivity contribution in [2.75, 3.05) is 33.3 Å². The molecule has 0 aromatic heterocycles. The van der Waals surface area contributed by atoms with Crippen LogP contribution in [0.4, 0.5) is 0 Å². The Hall–Kier alpha value is -0.900. The zero-order valence-electron chi connectivity index (χ0n) is 11.1. The first-order valence-corrected chi connectivity index (χ1v) is 6.91. The molecule has 0 saturated carbocycles. The van der Waals surface area contributed by atoms with E-state index in [1.807, 2.05) is 0 Å². The molecule has 0 radical (unpaired) electrons. The van der Waals surface area contributed by atoms with E-state index in [1.54, 1.807) is 0 Å². The summed E-state index contributed by atoms with van der Waals surface area (Å²) in [7, 11) is 2.17. The topological polar surface area (TPSA) is 24.5 Å². The number of fused-ring (bicyclic) bond motifs is 1. The molecule has 3 nitrogen and oxygen atoms in total. The first kappa shape index (κ1) is 12.2. The number of hydrogen-bond acceptors (Lipinski definition) is 3. The number of rotatable bonds is 3. The lowest BCUT2D eigenvalue weighted by Crippen LogP contribution is -2.47. The van der Waals surface area contributed by atoms with E-state index in [2.05, 4.69) is 41.5 Å². The van der Waals surface area contributed by atoms with Gasteiger partial charge in [0.05, 0.1) is 12.7 Å². The Morgan fingerprint density at radius 2 is 2.00 bits per heavy atom. The fraction of sp³-hybridized carbons (Fsp3) is 0.600. The highest BCUT2D eigenvalue weighted by Crippen LogP contribution is 2.21. The van der Waals surface area contributed by atoms with Gasteiger partial charge in [-0.05, 0) is 31.0 Å². The fourth-order valence-corrected chi connectivity index (χ4v) is 2.99. The second kappa shape index (κ2) is 5.39. The van der Waals surface area contributed by atoms with Crippen LogP contribution in [0.2, 0.25) is 0 Å². The van der Waals surface area contributed by atoms with Crippen molar-refractivity contribution in [3.05, 3.63) is 35.4 Å². The number of morpholine rings is 1. The van der Waals surface area contributed by atoms with Crippen LogP contribution in [0.1, 0.15) is 11.1 Å². The van der Waals surface area contributed by atoms with Crippen molar-refractivity contribution in [3.63, 3.8) is 0 Å². The lowest BCUT2D eigenvalue weighted by Gasteiger charge is -2.31. The van der Waals surface area contributed by atoms with Gasteiger partial charge in [-0.3, -0.25) is 0 Å². The van der Waals surface area contributed by atoms with Gasteiger partial charge in [-0.15, -0.1) is 0 Å². The van der Waals surface area contributed by atoms with E-state index in [0.717, 1.165) is 26.2 Å². The van der Waals surface area contributed by atoms with E-state index < -0.39 is 0 Å². The molecule has 1 unspecified atom stereocenters. The quantitative estimate of drug-likeness (QED) is 0.863. The van der Waals surface area contributed by atoms with Gasteiger partial charge in [-0.1, -0.05) is 24.3 Å². The van der Waals surface area contributed by atoms with E-state index in [4.69, 9.17) is 4.74 Å². The summed E-state index contributed by atoms with van der Waals surface area (Å²) < 4.78 is 5.78. The first-order valence-electron chi connectivity index (χ1n) is 6.91. The molecule has 3 heteroatoms. The van der Waals surface area contributed by atoms with Gasteiger partial charge in [-0.25, -0.2) is 0 Å². The van der Waals surface area contributed by atoms with Gasteiger partial charge >= 0.3 is 0 Å². The standard InChI is InChI=1S/C15H22N2O/c1-17-6-7-18-15(11-17)10-16-14-8-12-4-2-3-5-13(12)9-14/h2-5,14-16H,6-11H2,1H3. The van der Waals surface area contributed by atoms with Gasteiger partial charge in [0.25, 0.3) is 0 Å². The van der Waals surface area contributed by atoms with Crippen LogP contribution in [-0.2, 0) is 17.6 Å². The zero-order chi connectivity index (χ0) is 12.4. The summed E-state index contributed by atoms with van der Waals surface area (Å²) >= 11 is 0.